The van der Waals surface area contributed by atoms with Crippen LogP contribution in [0, 0.1) is 6.92 Å². The number of nitrogens with zero attached hydrogens (tertiary/aromatic N) is 1. The lowest BCUT2D eigenvalue weighted by molar-refractivity contribution is 0.607. The van der Waals surface area contributed by atoms with E-state index in [0.29, 0.717) is 0 Å². The van der Waals surface area contributed by atoms with Crippen LogP contribution in [-0.4, -0.2) is 16.0 Å². The number of nitrogens with two attached hydrogens (primary N) is 1. The average Bonchev–Trinajstić information content (AvgIpc) is 2.83. The summed E-state index contributed by atoms with van der Waals surface area (Å²) in [6, 6.07) is 2.38. The second kappa shape index (κ2) is 6.38. The van der Waals surface area contributed by atoms with Crippen molar-refractivity contribution < 1.29 is 0 Å². The van der Waals surface area contributed by atoms with Crippen LogP contribution in [0.25, 0.3) is 0 Å². The minimum atomic E-state index is 0.216. The van der Waals surface area contributed by atoms with E-state index in [2.05, 4.69) is 23.4 Å². The smallest absolute Gasteiger partial charge is 0.0565 e. The second-order valence-electron chi connectivity index (χ2n) is 4.75. The van der Waals surface area contributed by atoms with E-state index in [4.69, 9.17) is 5.84 Å². The van der Waals surface area contributed by atoms with E-state index in [0.717, 1.165) is 11.0 Å². The van der Waals surface area contributed by atoms with Crippen LogP contribution in [0.1, 0.15) is 42.9 Å². The predicted molar refractivity (Wildman–Crippen MR) is 73.8 cm³/mol. The number of aromatic nitrogens is 1. The molecule has 17 heavy (non-hydrogen) atoms. The van der Waals surface area contributed by atoms with Gasteiger partial charge in [-0.25, -0.2) is 0 Å². The molecule has 2 rings (SSSR count). The molecule has 0 aromatic carbocycles. The maximum absolute atomic E-state index is 5.65. The number of hydrogen-bond acceptors (Lipinski definition) is 4. The summed E-state index contributed by atoms with van der Waals surface area (Å²) in [4.78, 5) is 4.23. The summed E-state index contributed by atoms with van der Waals surface area (Å²) in [7, 11) is 0. The highest BCUT2D eigenvalue weighted by atomic mass is 32.2. The maximum atomic E-state index is 5.65. The zero-order chi connectivity index (χ0) is 12.1. The van der Waals surface area contributed by atoms with Crippen LogP contribution >= 0.6 is 11.8 Å². The molecule has 0 amide bonds. The first-order chi connectivity index (χ1) is 8.29. The average molecular weight is 251 g/mol. The van der Waals surface area contributed by atoms with Gasteiger partial charge in [0, 0.05) is 23.4 Å². The Morgan fingerprint density at radius 1 is 1.47 bits per heavy atom. The Morgan fingerprint density at radius 3 is 2.88 bits per heavy atom. The number of rotatable bonds is 5. The molecule has 1 fully saturated rings. The monoisotopic (exact) mass is 251 g/mol. The molecule has 0 bridgehead atoms. The molecule has 0 saturated heterocycles. The molecule has 1 atom stereocenters. The zero-order valence-corrected chi connectivity index (χ0v) is 11.2. The van der Waals surface area contributed by atoms with E-state index in [1.54, 1.807) is 0 Å². The lowest BCUT2D eigenvalue weighted by Crippen LogP contribution is -2.30. The van der Waals surface area contributed by atoms with Crippen molar-refractivity contribution in [2.45, 2.75) is 43.9 Å². The first-order valence-electron chi connectivity index (χ1n) is 6.29. The number of hydrazine groups is 1. The predicted octanol–water partition coefficient (Wildman–Crippen LogP) is 2.57. The largest absolute Gasteiger partial charge is 0.271 e. The van der Waals surface area contributed by atoms with Gasteiger partial charge in [-0.2, -0.15) is 11.8 Å². The molecule has 1 aliphatic carbocycles. The molecule has 0 spiro atoms. The summed E-state index contributed by atoms with van der Waals surface area (Å²) < 4.78 is 0. The van der Waals surface area contributed by atoms with E-state index in [1.807, 2.05) is 24.2 Å². The van der Waals surface area contributed by atoms with Gasteiger partial charge >= 0.3 is 0 Å². The first-order valence-corrected chi connectivity index (χ1v) is 7.34. The molecule has 1 unspecified atom stereocenters. The third-order valence-electron chi connectivity index (χ3n) is 3.30. The quantitative estimate of drug-likeness (QED) is 0.624. The van der Waals surface area contributed by atoms with Crippen molar-refractivity contribution in [3.05, 3.63) is 29.6 Å². The third kappa shape index (κ3) is 3.69. The molecule has 0 radical (unpaired) electrons. The van der Waals surface area contributed by atoms with Crippen LogP contribution in [0.5, 0.6) is 0 Å². The van der Waals surface area contributed by atoms with Crippen molar-refractivity contribution in [3.63, 3.8) is 0 Å². The van der Waals surface area contributed by atoms with Gasteiger partial charge < -0.3 is 0 Å². The van der Waals surface area contributed by atoms with Crippen LogP contribution in [0.2, 0.25) is 0 Å². The molecule has 1 heterocycles. The molecule has 3 N–H and O–H groups in total. The molecule has 94 valence electrons. The van der Waals surface area contributed by atoms with Crippen molar-refractivity contribution in [3.8, 4) is 0 Å². The van der Waals surface area contributed by atoms with Gasteiger partial charge in [0.15, 0.2) is 0 Å². The Hall–Kier alpha value is -0.580. The van der Waals surface area contributed by atoms with E-state index in [1.165, 1.54) is 36.8 Å². The van der Waals surface area contributed by atoms with Gasteiger partial charge in [-0.15, -0.1) is 0 Å². The molecular weight excluding hydrogens is 230 g/mol. The highest BCUT2D eigenvalue weighted by Crippen LogP contribution is 2.31. The van der Waals surface area contributed by atoms with Crippen molar-refractivity contribution >= 4 is 11.8 Å². The minimum absolute atomic E-state index is 0.216. The molecule has 1 aromatic rings. The summed E-state index contributed by atoms with van der Waals surface area (Å²) in [5, 5.41) is 0.837. The van der Waals surface area contributed by atoms with Gasteiger partial charge in [-0.3, -0.25) is 16.3 Å². The van der Waals surface area contributed by atoms with E-state index < -0.39 is 0 Å². The third-order valence-corrected chi connectivity index (χ3v) is 4.77. The Morgan fingerprint density at radius 2 is 2.24 bits per heavy atom. The van der Waals surface area contributed by atoms with Crippen LogP contribution in [0.15, 0.2) is 18.5 Å². The van der Waals surface area contributed by atoms with Crippen molar-refractivity contribution in [1.29, 1.82) is 0 Å². The Bertz CT molecular complexity index is 350. The van der Waals surface area contributed by atoms with E-state index in [-0.39, 0.29) is 6.04 Å². The summed E-state index contributed by atoms with van der Waals surface area (Å²) in [5.74, 6) is 6.68. The van der Waals surface area contributed by atoms with Gasteiger partial charge in [0.25, 0.3) is 0 Å². The Kier molecular flexibility index (Phi) is 4.83. The zero-order valence-electron chi connectivity index (χ0n) is 10.4. The van der Waals surface area contributed by atoms with Gasteiger partial charge in [0.2, 0.25) is 0 Å². The Balaban J connectivity index is 1.91. The Labute approximate surface area is 108 Å². The minimum Gasteiger partial charge on any atom is -0.271 e. The van der Waals surface area contributed by atoms with Gasteiger partial charge in [-0.1, -0.05) is 18.9 Å². The number of hydrogen-bond donors (Lipinski definition) is 2. The van der Waals surface area contributed by atoms with Crippen LogP contribution in [-0.2, 0) is 0 Å². The normalized spacial score (nSPS) is 18.5. The summed E-state index contributed by atoms with van der Waals surface area (Å²) in [5.41, 5.74) is 5.29. The summed E-state index contributed by atoms with van der Waals surface area (Å²) in [6.45, 7) is 2.06. The molecule has 4 heteroatoms. The fourth-order valence-corrected chi connectivity index (χ4v) is 3.72. The number of aryl methyl sites for hydroxylation is 1. The van der Waals surface area contributed by atoms with E-state index >= 15 is 0 Å². The number of nitrogens with one attached hydrogen (secondary N) is 1. The number of thioether (sulfide) groups is 1. The molecule has 1 saturated carbocycles. The van der Waals surface area contributed by atoms with Gasteiger partial charge in [-0.05, 0) is 30.9 Å². The van der Waals surface area contributed by atoms with Crippen LogP contribution < -0.4 is 11.3 Å². The standard InChI is InChI=1S/C13H21N3S/c1-10-6-11(8-15-7-10)13(16-14)9-17-12-4-2-3-5-12/h6-8,12-13,16H,2-5,9,14H2,1H3. The molecular formula is C13H21N3S. The van der Waals surface area contributed by atoms with Crippen molar-refractivity contribution in [1.82, 2.24) is 10.4 Å². The molecule has 1 aliphatic rings. The second-order valence-corrected chi connectivity index (χ2v) is 6.09. The van der Waals surface area contributed by atoms with Crippen LogP contribution in [0.3, 0.4) is 0 Å². The van der Waals surface area contributed by atoms with Crippen LogP contribution in [0.4, 0.5) is 0 Å². The highest BCUT2D eigenvalue weighted by Gasteiger charge is 2.18. The van der Waals surface area contributed by atoms with Crippen molar-refractivity contribution in [2.75, 3.05) is 5.75 Å². The molecule has 1 aromatic heterocycles. The summed E-state index contributed by atoms with van der Waals surface area (Å²) in [6.07, 6.45) is 9.31. The fourth-order valence-electron chi connectivity index (χ4n) is 2.30. The lowest BCUT2D eigenvalue weighted by Gasteiger charge is -2.18. The number of pyridine rings is 1. The highest BCUT2D eigenvalue weighted by molar-refractivity contribution is 7.99. The molecule has 3 nitrogen and oxygen atoms in total. The topological polar surface area (TPSA) is 50.9 Å². The maximum Gasteiger partial charge on any atom is 0.0565 e. The van der Waals surface area contributed by atoms with Gasteiger partial charge in [0.05, 0.1) is 6.04 Å². The van der Waals surface area contributed by atoms with Gasteiger partial charge in [0.1, 0.15) is 0 Å². The first kappa shape index (κ1) is 12.9. The fraction of sp³-hybridized carbons (Fsp3) is 0.615. The lowest BCUT2D eigenvalue weighted by atomic mass is 10.1. The SMILES string of the molecule is Cc1cncc(C(CSC2CCCC2)NN)c1. The summed E-state index contributed by atoms with van der Waals surface area (Å²) >= 11 is 2.05. The molecule has 0 aliphatic heterocycles. The van der Waals surface area contributed by atoms with E-state index in [9.17, 15) is 0 Å². The van der Waals surface area contributed by atoms with Crippen molar-refractivity contribution in [2.24, 2.45) is 5.84 Å².